The molecule has 13 heavy (non-hydrogen) atoms. The summed E-state index contributed by atoms with van der Waals surface area (Å²) >= 11 is 1.43. The Kier molecular flexibility index (Phi) is 4.58. The minimum absolute atomic E-state index is 0. The van der Waals surface area contributed by atoms with Gasteiger partial charge in [-0.25, -0.2) is 4.79 Å². The van der Waals surface area contributed by atoms with E-state index in [2.05, 4.69) is 4.74 Å². The SMILES string of the molecule is COC(=O)Oc1csc(C)c1N.Cl. The fourth-order valence-corrected chi connectivity index (χ4v) is 1.34. The number of nitrogen functional groups attached to an aromatic ring is 1. The summed E-state index contributed by atoms with van der Waals surface area (Å²) in [5.74, 6) is 0.365. The summed E-state index contributed by atoms with van der Waals surface area (Å²) < 4.78 is 9.05. The summed E-state index contributed by atoms with van der Waals surface area (Å²) in [7, 11) is 1.25. The molecule has 74 valence electrons. The Bertz CT molecular complexity index is 300. The molecular formula is C7H10ClNO3S. The Morgan fingerprint density at radius 1 is 1.62 bits per heavy atom. The third-order valence-corrected chi connectivity index (χ3v) is 2.25. The predicted molar refractivity (Wildman–Crippen MR) is 53.7 cm³/mol. The molecule has 0 aliphatic rings. The number of rotatable bonds is 1. The lowest BCUT2D eigenvalue weighted by Crippen LogP contribution is -2.07. The normalized spacial score (nSPS) is 8.77. The van der Waals surface area contributed by atoms with Crippen LogP contribution in [0.15, 0.2) is 5.38 Å². The van der Waals surface area contributed by atoms with Crippen LogP contribution in [0.3, 0.4) is 0 Å². The first-order valence-electron chi connectivity index (χ1n) is 3.24. The smallest absolute Gasteiger partial charge is 0.437 e. The van der Waals surface area contributed by atoms with Crippen LogP contribution in [0.4, 0.5) is 10.5 Å². The third kappa shape index (κ3) is 2.78. The average molecular weight is 224 g/mol. The van der Waals surface area contributed by atoms with Gasteiger partial charge in [0, 0.05) is 10.3 Å². The molecule has 0 spiro atoms. The van der Waals surface area contributed by atoms with E-state index in [0.29, 0.717) is 11.4 Å². The third-order valence-electron chi connectivity index (χ3n) is 1.35. The first kappa shape index (κ1) is 12.1. The maximum absolute atomic E-state index is 10.6. The molecule has 0 bridgehead atoms. The zero-order chi connectivity index (χ0) is 9.14. The van der Waals surface area contributed by atoms with Gasteiger partial charge >= 0.3 is 6.16 Å². The second-order valence-electron chi connectivity index (χ2n) is 2.13. The summed E-state index contributed by atoms with van der Waals surface area (Å²) in [6.07, 6.45) is -0.750. The number of hydrogen-bond acceptors (Lipinski definition) is 5. The number of carbonyl (C=O) groups is 1. The second-order valence-corrected chi connectivity index (χ2v) is 3.21. The number of aryl methyl sites for hydroxylation is 1. The van der Waals surface area contributed by atoms with Crippen LogP contribution in [0.5, 0.6) is 5.75 Å². The summed E-state index contributed by atoms with van der Waals surface area (Å²) in [4.78, 5) is 11.6. The molecule has 0 amide bonds. The van der Waals surface area contributed by atoms with Crippen LogP contribution in [-0.2, 0) is 4.74 Å². The van der Waals surface area contributed by atoms with Crippen molar-refractivity contribution in [2.24, 2.45) is 0 Å². The Morgan fingerprint density at radius 3 is 2.62 bits per heavy atom. The van der Waals surface area contributed by atoms with Crippen molar-refractivity contribution in [3.05, 3.63) is 10.3 Å². The van der Waals surface area contributed by atoms with Crippen molar-refractivity contribution in [3.63, 3.8) is 0 Å². The molecule has 0 aliphatic heterocycles. The molecule has 1 heterocycles. The zero-order valence-corrected chi connectivity index (χ0v) is 8.83. The average Bonchev–Trinajstić information content (AvgIpc) is 2.36. The number of methoxy groups -OCH3 is 1. The quantitative estimate of drug-likeness (QED) is 0.742. The van der Waals surface area contributed by atoms with Gasteiger partial charge in [-0.1, -0.05) is 0 Å². The fourth-order valence-electron chi connectivity index (χ4n) is 0.653. The molecule has 1 rings (SSSR count). The molecule has 6 heteroatoms. The van der Waals surface area contributed by atoms with Crippen LogP contribution in [-0.4, -0.2) is 13.3 Å². The number of nitrogens with two attached hydrogens (primary N) is 1. The number of carbonyl (C=O) groups excluding carboxylic acids is 1. The summed E-state index contributed by atoms with van der Waals surface area (Å²) in [6.45, 7) is 1.85. The number of anilines is 1. The van der Waals surface area contributed by atoms with Crippen LogP contribution < -0.4 is 10.5 Å². The predicted octanol–water partition coefficient (Wildman–Crippen LogP) is 2.21. The van der Waals surface area contributed by atoms with E-state index in [9.17, 15) is 4.79 Å². The van der Waals surface area contributed by atoms with Crippen molar-refractivity contribution in [1.82, 2.24) is 0 Å². The van der Waals surface area contributed by atoms with Crippen LogP contribution in [0.1, 0.15) is 4.88 Å². The van der Waals surface area contributed by atoms with E-state index in [1.807, 2.05) is 6.92 Å². The van der Waals surface area contributed by atoms with Crippen molar-refractivity contribution in [3.8, 4) is 5.75 Å². The zero-order valence-electron chi connectivity index (χ0n) is 7.20. The fraction of sp³-hybridized carbons (Fsp3) is 0.286. The topological polar surface area (TPSA) is 61.5 Å². The van der Waals surface area contributed by atoms with Crippen LogP contribution in [0, 0.1) is 6.92 Å². The van der Waals surface area contributed by atoms with E-state index in [0.717, 1.165) is 4.88 Å². The van der Waals surface area contributed by atoms with Gasteiger partial charge in [-0.05, 0) is 6.92 Å². The summed E-state index contributed by atoms with van der Waals surface area (Å²) in [5.41, 5.74) is 6.07. The number of thiophene rings is 1. The highest BCUT2D eigenvalue weighted by atomic mass is 35.5. The van der Waals surface area contributed by atoms with Gasteiger partial charge in [0.1, 0.15) is 0 Å². The first-order valence-corrected chi connectivity index (χ1v) is 4.12. The molecule has 1 aromatic rings. The van der Waals surface area contributed by atoms with Crippen LogP contribution in [0.25, 0.3) is 0 Å². The Hall–Kier alpha value is -0.940. The molecule has 0 atom stereocenters. The van der Waals surface area contributed by atoms with Gasteiger partial charge in [-0.15, -0.1) is 23.7 Å². The van der Waals surface area contributed by atoms with Gasteiger partial charge < -0.3 is 15.2 Å². The minimum Gasteiger partial charge on any atom is -0.437 e. The van der Waals surface area contributed by atoms with E-state index in [1.54, 1.807) is 5.38 Å². The first-order chi connectivity index (χ1) is 5.65. The van der Waals surface area contributed by atoms with E-state index in [4.69, 9.17) is 10.5 Å². The molecule has 0 radical (unpaired) electrons. The Balaban J connectivity index is 0.00000144. The lowest BCUT2D eigenvalue weighted by atomic mass is 10.4. The standard InChI is InChI=1S/C7H9NO3S.ClH/c1-4-6(8)5(3-12-4)11-7(9)10-2;/h3H,8H2,1-2H3;1H. The lowest BCUT2D eigenvalue weighted by Gasteiger charge is -2.00. The highest BCUT2D eigenvalue weighted by Gasteiger charge is 2.10. The van der Waals surface area contributed by atoms with Crippen molar-refractivity contribution < 1.29 is 14.3 Å². The molecule has 0 saturated carbocycles. The van der Waals surface area contributed by atoms with Gasteiger partial charge in [-0.3, -0.25) is 0 Å². The molecular weight excluding hydrogens is 214 g/mol. The number of hydrogen-bond donors (Lipinski definition) is 1. The maximum atomic E-state index is 10.6. The van der Waals surface area contributed by atoms with Crippen molar-refractivity contribution in [2.75, 3.05) is 12.8 Å². The van der Waals surface area contributed by atoms with Gasteiger partial charge in [0.25, 0.3) is 0 Å². The number of halogens is 1. The molecule has 0 saturated heterocycles. The van der Waals surface area contributed by atoms with Crippen molar-refractivity contribution in [2.45, 2.75) is 6.92 Å². The van der Waals surface area contributed by atoms with Gasteiger partial charge in [0.15, 0.2) is 5.75 Å². The van der Waals surface area contributed by atoms with Gasteiger partial charge in [0.05, 0.1) is 12.8 Å². The molecule has 0 aromatic carbocycles. The Morgan fingerprint density at radius 2 is 2.23 bits per heavy atom. The minimum atomic E-state index is -0.750. The second kappa shape index (κ2) is 4.94. The summed E-state index contributed by atoms with van der Waals surface area (Å²) in [5, 5.41) is 1.67. The van der Waals surface area contributed by atoms with Crippen molar-refractivity contribution in [1.29, 1.82) is 0 Å². The largest absolute Gasteiger partial charge is 0.513 e. The van der Waals surface area contributed by atoms with E-state index < -0.39 is 6.16 Å². The molecule has 0 aliphatic carbocycles. The molecule has 1 aromatic heterocycles. The van der Waals surface area contributed by atoms with Crippen molar-refractivity contribution >= 4 is 35.6 Å². The number of ether oxygens (including phenoxy) is 2. The highest BCUT2D eigenvalue weighted by molar-refractivity contribution is 7.10. The van der Waals surface area contributed by atoms with Crippen LogP contribution >= 0.6 is 23.7 Å². The highest BCUT2D eigenvalue weighted by Crippen LogP contribution is 2.31. The van der Waals surface area contributed by atoms with Crippen LogP contribution in [0.2, 0.25) is 0 Å². The lowest BCUT2D eigenvalue weighted by molar-refractivity contribution is 0.122. The van der Waals surface area contributed by atoms with Gasteiger partial charge in [0.2, 0.25) is 0 Å². The van der Waals surface area contributed by atoms with E-state index in [1.165, 1.54) is 18.4 Å². The Labute approximate surface area is 86.0 Å². The molecule has 0 fully saturated rings. The monoisotopic (exact) mass is 223 g/mol. The molecule has 2 N–H and O–H groups in total. The molecule has 0 unspecified atom stereocenters. The van der Waals surface area contributed by atoms with Gasteiger partial charge in [-0.2, -0.15) is 0 Å². The van der Waals surface area contributed by atoms with E-state index in [-0.39, 0.29) is 12.4 Å². The summed E-state index contributed by atoms with van der Waals surface area (Å²) in [6, 6.07) is 0. The maximum Gasteiger partial charge on any atom is 0.513 e. The molecule has 4 nitrogen and oxygen atoms in total. The van der Waals surface area contributed by atoms with E-state index >= 15 is 0 Å².